The number of pyridine rings is 1. The van der Waals surface area contributed by atoms with Crippen molar-refractivity contribution in [2.24, 2.45) is 0 Å². The molecule has 1 aliphatic rings. The molecule has 3 rings (SSSR count). The molecule has 0 aromatic carbocycles. The van der Waals surface area contributed by atoms with Crippen LogP contribution in [0.1, 0.15) is 18.5 Å². The summed E-state index contributed by atoms with van der Waals surface area (Å²) < 4.78 is 6.87. The molecular formula is C14H17N3O2. The summed E-state index contributed by atoms with van der Waals surface area (Å²) in [5, 5.41) is 3.44. The fraction of sp³-hybridized carbons (Fsp3) is 0.429. The van der Waals surface area contributed by atoms with E-state index >= 15 is 0 Å². The van der Waals surface area contributed by atoms with Gasteiger partial charge in [0.25, 0.3) is 5.56 Å². The van der Waals surface area contributed by atoms with Crippen LogP contribution in [0.4, 0.5) is 0 Å². The first kappa shape index (κ1) is 12.3. The minimum absolute atomic E-state index is 0.0330. The number of hydrogen-bond donors (Lipinski definition) is 1. The van der Waals surface area contributed by atoms with Crippen LogP contribution >= 0.6 is 0 Å². The lowest BCUT2D eigenvalue weighted by Gasteiger charge is -2.23. The van der Waals surface area contributed by atoms with Crippen LogP contribution in [0.15, 0.2) is 35.3 Å². The van der Waals surface area contributed by atoms with E-state index in [4.69, 9.17) is 4.74 Å². The smallest absolute Gasteiger partial charge is 0.258 e. The van der Waals surface area contributed by atoms with Crippen LogP contribution in [-0.2, 0) is 11.3 Å². The second-order valence-corrected chi connectivity index (χ2v) is 4.78. The number of fused-ring (bicyclic) bond motifs is 1. The van der Waals surface area contributed by atoms with E-state index in [2.05, 4.69) is 10.3 Å². The van der Waals surface area contributed by atoms with Gasteiger partial charge >= 0.3 is 0 Å². The number of rotatable bonds is 3. The molecule has 3 heterocycles. The highest BCUT2D eigenvalue weighted by Gasteiger charge is 2.13. The zero-order valence-corrected chi connectivity index (χ0v) is 10.7. The van der Waals surface area contributed by atoms with Gasteiger partial charge in [0.2, 0.25) is 0 Å². The highest BCUT2D eigenvalue weighted by atomic mass is 16.5. The zero-order valence-electron chi connectivity index (χ0n) is 10.7. The van der Waals surface area contributed by atoms with Gasteiger partial charge in [-0.15, -0.1) is 0 Å². The summed E-state index contributed by atoms with van der Waals surface area (Å²) in [6.07, 6.45) is 3.78. The molecule has 0 radical (unpaired) electrons. The van der Waals surface area contributed by atoms with Gasteiger partial charge in [-0.05, 0) is 25.0 Å². The lowest BCUT2D eigenvalue weighted by atomic mass is 10.1. The maximum Gasteiger partial charge on any atom is 0.258 e. The van der Waals surface area contributed by atoms with Gasteiger partial charge < -0.3 is 10.1 Å². The Bertz CT molecular complexity index is 617. The van der Waals surface area contributed by atoms with Gasteiger partial charge in [-0.2, -0.15) is 0 Å². The summed E-state index contributed by atoms with van der Waals surface area (Å²) in [4.78, 5) is 16.4. The van der Waals surface area contributed by atoms with E-state index in [1.54, 1.807) is 16.7 Å². The number of nitrogens with one attached hydrogen (secondary N) is 1. The standard InChI is InChI=1S/C14H17N3O2/c18-14-9-12(10-15-11-4-7-19-8-5-11)16-13-3-1-2-6-17(13)14/h1-3,6,9,11,15H,4-5,7-8,10H2. The Morgan fingerprint density at radius 1 is 1.37 bits per heavy atom. The van der Waals surface area contributed by atoms with Crippen LogP contribution in [0.5, 0.6) is 0 Å². The van der Waals surface area contributed by atoms with Crippen LogP contribution in [0.3, 0.4) is 0 Å². The van der Waals surface area contributed by atoms with Gasteiger partial charge in [0.05, 0.1) is 5.69 Å². The maximum atomic E-state index is 11.9. The van der Waals surface area contributed by atoms with Crippen LogP contribution in [0.25, 0.3) is 5.65 Å². The van der Waals surface area contributed by atoms with Gasteiger partial charge in [-0.3, -0.25) is 9.20 Å². The highest BCUT2D eigenvalue weighted by Crippen LogP contribution is 2.07. The van der Waals surface area contributed by atoms with Gasteiger partial charge in [-0.25, -0.2) is 4.98 Å². The second-order valence-electron chi connectivity index (χ2n) is 4.78. The first-order valence-corrected chi connectivity index (χ1v) is 6.61. The minimum atomic E-state index is -0.0330. The van der Waals surface area contributed by atoms with Crippen molar-refractivity contribution in [3.05, 3.63) is 46.5 Å². The molecule has 2 aromatic heterocycles. The molecule has 0 bridgehead atoms. The predicted molar refractivity (Wildman–Crippen MR) is 72.1 cm³/mol. The normalized spacial score (nSPS) is 16.8. The third-order valence-corrected chi connectivity index (χ3v) is 3.42. The van der Waals surface area contributed by atoms with Gasteiger partial charge in [0.15, 0.2) is 0 Å². The fourth-order valence-corrected chi connectivity index (χ4v) is 2.34. The summed E-state index contributed by atoms with van der Waals surface area (Å²) in [6, 6.07) is 7.62. The molecule has 2 aromatic rings. The molecule has 19 heavy (non-hydrogen) atoms. The summed E-state index contributed by atoms with van der Waals surface area (Å²) in [7, 11) is 0. The molecule has 1 aliphatic heterocycles. The van der Waals surface area contributed by atoms with Gasteiger partial charge in [0, 0.05) is 38.1 Å². The largest absolute Gasteiger partial charge is 0.381 e. The first-order valence-electron chi connectivity index (χ1n) is 6.61. The van der Waals surface area contributed by atoms with Crippen molar-refractivity contribution in [2.45, 2.75) is 25.4 Å². The Morgan fingerprint density at radius 2 is 2.21 bits per heavy atom. The number of aromatic nitrogens is 2. The number of hydrogen-bond acceptors (Lipinski definition) is 4. The van der Waals surface area contributed by atoms with E-state index in [9.17, 15) is 4.79 Å². The third-order valence-electron chi connectivity index (χ3n) is 3.42. The molecule has 5 nitrogen and oxygen atoms in total. The molecule has 0 atom stereocenters. The minimum Gasteiger partial charge on any atom is -0.381 e. The molecule has 1 fully saturated rings. The molecule has 5 heteroatoms. The monoisotopic (exact) mass is 259 g/mol. The van der Waals surface area contributed by atoms with E-state index in [0.29, 0.717) is 18.2 Å². The molecular weight excluding hydrogens is 242 g/mol. The van der Waals surface area contributed by atoms with Crippen molar-refractivity contribution < 1.29 is 4.74 Å². The molecule has 0 saturated carbocycles. The Balaban J connectivity index is 1.75. The number of ether oxygens (including phenoxy) is 1. The molecule has 0 amide bonds. The van der Waals surface area contributed by atoms with Crippen LogP contribution in [0.2, 0.25) is 0 Å². The van der Waals surface area contributed by atoms with E-state index in [1.165, 1.54) is 0 Å². The summed E-state index contributed by atoms with van der Waals surface area (Å²) in [5.74, 6) is 0. The first-order chi connectivity index (χ1) is 9.33. The van der Waals surface area contributed by atoms with Crippen LogP contribution in [-0.4, -0.2) is 28.6 Å². The zero-order chi connectivity index (χ0) is 13.1. The molecule has 1 N–H and O–H groups in total. The average molecular weight is 259 g/mol. The Hall–Kier alpha value is -1.72. The molecule has 0 unspecified atom stereocenters. The van der Waals surface area contributed by atoms with E-state index in [0.717, 1.165) is 31.7 Å². The SMILES string of the molecule is O=c1cc(CNC2CCOCC2)nc2ccccn12. The van der Waals surface area contributed by atoms with Gasteiger partial charge in [0.1, 0.15) is 5.65 Å². The van der Waals surface area contributed by atoms with Crippen molar-refractivity contribution >= 4 is 5.65 Å². The predicted octanol–water partition coefficient (Wildman–Crippen LogP) is 0.963. The Morgan fingerprint density at radius 3 is 3.05 bits per heavy atom. The molecule has 0 aliphatic carbocycles. The van der Waals surface area contributed by atoms with Crippen molar-refractivity contribution in [3.8, 4) is 0 Å². The Kier molecular flexibility index (Phi) is 3.57. The Labute approximate surface area is 111 Å². The maximum absolute atomic E-state index is 11.9. The highest BCUT2D eigenvalue weighted by molar-refractivity contribution is 5.37. The molecule has 0 spiro atoms. The van der Waals surface area contributed by atoms with E-state index < -0.39 is 0 Å². The fourth-order valence-electron chi connectivity index (χ4n) is 2.34. The van der Waals surface area contributed by atoms with Crippen molar-refractivity contribution in [1.82, 2.24) is 14.7 Å². The number of nitrogens with zero attached hydrogens (tertiary/aromatic N) is 2. The molecule has 1 saturated heterocycles. The van der Waals surface area contributed by atoms with Crippen molar-refractivity contribution in [3.63, 3.8) is 0 Å². The summed E-state index contributed by atoms with van der Waals surface area (Å²) >= 11 is 0. The summed E-state index contributed by atoms with van der Waals surface area (Å²) in [5.41, 5.74) is 1.45. The third kappa shape index (κ3) is 2.83. The van der Waals surface area contributed by atoms with Crippen molar-refractivity contribution in [2.75, 3.05) is 13.2 Å². The topological polar surface area (TPSA) is 55.6 Å². The lowest BCUT2D eigenvalue weighted by molar-refractivity contribution is 0.0775. The second kappa shape index (κ2) is 5.50. The molecule has 100 valence electrons. The van der Waals surface area contributed by atoms with Crippen LogP contribution < -0.4 is 10.9 Å². The quantitative estimate of drug-likeness (QED) is 0.892. The average Bonchev–Trinajstić information content (AvgIpc) is 2.46. The van der Waals surface area contributed by atoms with Gasteiger partial charge in [-0.1, -0.05) is 6.07 Å². The van der Waals surface area contributed by atoms with Crippen molar-refractivity contribution in [1.29, 1.82) is 0 Å². The van der Waals surface area contributed by atoms with E-state index in [1.807, 2.05) is 18.2 Å². The lowest BCUT2D eigenvalue weighted by Crippen LogP contribution is -2.34. The van der Waals surface area contributed by atoms with E-state index in [-0.39, 0.29) is 5.56 Å². The summed E-state index contributed by atoms with van der Waals surface area (Å²) in [6.45, 7) is 2.25. The van der Waals surface area contributed by atoms with Crippen LogP contribution in [0, 0.1) is 0 Å².